The van der Waals surface area contributed by atoms with Gasteiger partial charge in [-0.05, 0) is 66.6 Å². The van der Waals surface area contributed by atoms with Crippen LogP contribution in [-0.2, 0) is 4.79 Å². The summed E-state index contributed by atoms with van der Waals surface area (Å²) in [5, 5.41) is 11.7. The molecule has 2 heterocycles. The number of imidazole rings is 1. The van der Waals surface area contributed by atoms with Crippen LogP contribution in [0.1, 0.15) is 30.4 Å². The maximum Gasteiger partial charge on any atom is 0.231 e. The summed E-state index contributed by atoms with van der Waals surface area (Å²) >= 11 is 0. The maximum absolute atomic E-state index is 13.2. The molecule has 0 aliphatic rings. The molecule has 1 unspecified atom stereocenters. The molecule has 3 aromatic carbocycles. The number of fused-ring (bicyclic) bond motifs is 2. The average Bonchev–Trinajstić information content (AvgIpc) is 3.44. The van der Waals surface area contributed by atoms with Gasteiger partial charge in [0.05, 0.1) is 17.0 Å². The van der Waals surface area contributed by atoms with E-state index < -0.39 is 0 Å². The van der Waals surface area contributed by atoms with Crippen molar-refractivity contribution >= 4 is 39.4 Å². The van der Waals surface area contributed by atoms with Crippen molar-refractivity contribution < 1.29 is 4.79 Å². The second-order valence-electron chi connectivity index (χ2n) is 8.02. The molecule has 33 heavy (non-hydrogen) atoms. The summed E-state index contributed by atoms with van der Waals surface area (Å²) in [6, 6.07) is 21.3. The summed E-state index contributed by atoms with van der Waals surface area (Å²) in [4.78, 5) is 20.9. The van der Waals surface area contributed by atoms with E-state index in [1.165, 1.54) is 0 Å². The number of nitrogen functional groups attached to an aromatic ring is 1. The molecule has 0 fully saturated rings. The van der Waals surface area contributed by atoms with Gasteiger partial charge in [0.1, 0.15) is 12.2 Å². The van der Waals surface area contributed by atoms with Crippen LogP contribution in [0.15, 0.2) is 79.3 Å². The number of nitrogens with zero attached hydrogens (tertiary/aromatic N) is 2. The van der Waals surface area contributed by atoms with Crippen LogP contribution in [0.25, 0.3) is 27.6 Å². The molecule has 1 amide bonds. The minimum Gasteiger partial charge on any atom is -0.384 e. The van der Waals surface area contributed by atoms with Crippen LogP contribution < -0.4 is 11.1 Å². The zero-order valence-electron chi connectivity index (χ0n) is 18.2. The number of para-hydroxylation sites is 2. The first kappa shape index (κ1) is 20.5. The molecule has 7 nitrogen and oxygen atoms in total. The standard InChI is InChI=1S/C26H24N6O/c1-2-19(21-14-29-22-12-7-16(25(27)28)13-20(21)22)26(33)31-17-8-10-18(11-9-17)32-15-30-23-5-3-4-6-24(23)32/h3-15,19,29H,2H2,1H3,(H3,27,28)(H,31,33). The molecule has 5 rings (SSSR count). The third-order valence-electron chi connectivity index (χ3n) is 5.99. The van der Waals surface area contributed by atoms with E-state index in [9.17, 15) is 4.79 Å². The van der Waals surface area contributed by atoms with Gasteiger partial charge in [-0.25, -0.2) is 4.98 Å². The van der Waals surface area contributed by atoms with Gasteiger partial charge in [0, 0.05) is 34.0 Å². The van der Waals surface area contributed by atoms with Crippen LogP contribution in [0.3, 0.4) is 0 Å². The Kier molecular flexibility index (Phi) is 5.14. The smallest absolute Gasteiger partial charge is 0.231 e. The lowest BCUT2D eigenvalue weighted by Crippen LogP contribution is -2.20. The van der Waals surface area contributed by atoms with Crippen molar-refractivity contribution in [2.24, 2.45) is 5.73 Å². The van der Waals surface area contributed by atoms with Gasteiger partial charge in [-0.3, -0.25) is 14.8 Å². The van der Waals surface area contributed by atoms with Crippen molar-refractivity contribution in [1.29, 1.82) is 5.41 Å². The SMILES string of the molecule is CCC(C(=O)Nc1ccc(-n2cnc3ccccc32)cc1)c1c[nH]c2ccc(C(=N)N)cc12. The number of amidine groups is 1. The summed E-state index contributed by atoms with van der Waals surface area (Å²) in [7, 11) is 0. The van der Waals surface area contributed by atoms with E-state index in [1.54, 1.807) is 12.4 Å². The summed E-state index contributed by atoms with van der Waals surface area (Å²) < 4.78 is 2.02. The van der Waals surface area contributed by atoms with Crippen LogP contribution in [-0.4, -0.2) is 26.3 Å². The zero-order valence-corrected chi connectivity index (χ0v) is 18.2. The highest BCUT2D eigenvalue weighted by atomic mass is 16.1. The largest absolute Gasteiger partial charge is 0.384 e. The molecule has 1 atom stereocenters. The van der Waals surface area contributed by atoms with Gasteiger partial charge in [-0.15, -0.1) is 0 Å². The Morgan fingerprint density at radius 3 is 2.70 bits per heavy atom. The number of hydrogen-bond donors (Lipinski definition) is 4. The van der Waals surface area contributed by atoms with Crippen molar-refractivity contribution in [1.82, 2.24) is 14.5 Å². The highest BCUT2D eigenvalue weighted by Gasteiger charge is 2.22. The molecular weight excluding hydrogens is 412 g/mol. The Labute approximate surface area is 190 Å². The van der Waals surface area contributed by atoms with Gasteiger partial charge in [-0.2, -0.15) is 0 Å². The molecule has 0 aliphatic carbocycles. The third kappa shape index (κ3) is 3.74. The van der Waals surface area contributed by atoms with Crippen molar-refractivity contribution in [3.63, 3.8) is 0 Å². The number of rotatable bonds is 6. The number of aromatic nitrogens is 3. The first-order valence-electron chi connectivity index (χ1n) is 10.8. The summed E-state index contributed by atoms with van der Waals surface area (Å²) in [6.07, 6.45) is 4.31. The topological polar surface area (TPSA) is 113 Å². The van der Waals surface area contributed by atoms with Crippen molar-refractivity contribution in [3.8, 4) is 5.69 Å². The number of benzene rings is 3. The molecule has 0 aliphatic heterocycles. The lowest BCUT2D eigenvalue weighted by atomic mass is 9.94. The van der Waals surface area contributed by atoms with Gasteiger partial charge in [0.25, 0.3) is 0 Å². The average molecular weight is 437 g/mol. The molecule has 5 N–H and O–H groups in total. The van der Waals surface area contributed by atoms with Gasteiger partial charge < -0.3 is 16.0 Å². The normalized spacial score (nSPS) is 12.2. The van der Waals surface area contributed by atoms with Crippen LogP contribution in [0.5, 0.6) is 0 Å². The molecule has 0 spiro atoms. The fourth-order valence-corrected chi connectivity index (χ4v) is 4.24. The molecule has 7 heteroatoms. The quantitative estimate of drug-likeness (QED) is 0.224. The Hall–Kier alpha value is -4.39. The van der Waals surface area contributed by atoms with E-state index in [1.807, 2.05) is 78.4 Å². The molecule has 164 valence electrons. The molecule has 5 aromatic rings. The lowest BCUT2D eigenvalue weighted by molar-refractivity contribution is -0.117. The second-order valence-corrected chi connectivity index (χ2v) is 8.02. The Bertz CT molecular complexity index is 1480. The predicted octanol–water partition coefficient (Wildman–Crippen LogP) is 4.92. The van der Waals surface area contributed by atoms with E-state index in [0.717, 1.165) is 38.9 Å². The Morgan fingerprint density at radius 2 is 1.94 bits per heavy atom. The number of nitrogens with one attached hydrogen (secondary N) is 3. The van der Waals surface area contributed by atoms with E-state index >= 15 is 0 Å². The number of nitrogens with two attached hydrogens (primary N) is 1. The van der Waals surface area contributed by atoms with Crippen molar-refractivity contribution in [2.75, 3.05) is 5.32 Å². The van der Waals surface area contributed by atoms with Crippen LogP contribution in [0, 0.1) is 5.41 Å². The van der Waals surface area contributed by atoms with E-state index in [0.29, 0.717) is 12.0 Å². The minimum absolute atomic E-state index is 0.00677. The van der Waals surface area contributed by atoms with Gasteiger partial charge in [0.15, 0.2) is 0 Å². The van der Waals surface area contributed by atoms with Gasteiger partial charge in [-0.1, -0.05) is 19.1 Å². The first-order valence-corrected chi connectivity index (χ1v) is 10.8. The number of hydrogen-bond acceptors (Lipinski definition) is 3. The lowest BCUT2D eigenvalue weighted by Gasteiger charge is -2.15. The molecule has 0 saturated carbocycles. The molecule has 0 radical (unpaired) electrons. The van der Waals surface area contributed by atoms with E-state index in [4.69, 9.17) is 11.1 Å². The predicted molar refractivity (Wildman–Crippen MR) is 132 cm³/mol. The molecule has 2 aromatic heterocycles. The Morgan fingerprint density at radius 1 is 1.15 bits per heavy atom. The molecular formula is C26H24N6O. The van der Waals surface area contributed by atoms with Gasteiger partial charge >= 0.3 is 0 Å². The zero-order chi connectivity index (χ0) is 22.9. The highest BCUT2D eigenvalue weighted by Crippen LogP contribution is 2.30. The maximum atomic E-state index is 13.2. The van der Waals surface area contributed by atoms with Crippen LogP contribution >= 0.6 is 0 Å². The fourth-order valence-electron chi connectivity index (χ4n) is 4.24. The monoisotopic (exact) mass is 436 g/mol. The number of carbonyl (C=O) groups is 1. The van der Waals surface area contributed by atoms with Crippen LogP contribution in [0.4, 0.5) is 5.69 Å². The number of H-pyrrole nitrogens is 1. The molecule has 0 saturated heterocycles. The van der Waals surface area contributed by atoms with E-state index in [2.05, 4.69) is 15.3 Å². The van der Waals surface area contributed by atoms with Crippen molar-refractivity contribution in [2.45, 2.75) is 19.3 Å². The summed E-state index contributed by atoms with van der Waals surface area (Å²) in [6.45, 7) is 1.99. The first-order chi connectivity index (χ1) is 16.0. The minimum atomic E-state index is -0.335. The van der Waals surface area contributed by atoms with E-state index in [-0.39, 0.29) is 17.7 Å². The number of aromatic amines is 1. The van der Waals surface area contributed by atoms with Crippen molar-refractivity contribution in [3.05, 3.63) is 90.4 Å². The summed E-state index contributed by atoms with van der Waals surface area (Å²) in [5.41, 5.74) is 11.8. The number of carbonyl (C=O) groups excluding carboxylic acids is 1. The number of amides is 1. The summed E-state index contributed by atoms with van der Waals surface area (Å²) in [5.74, 6) is -0.405. The van der Waals surface area contributed by atoms with Gasteiger partial charge in [0.2, 0.25) is 5.91 Å². The highest BCUT2D eigenvalue weighted by molar-refractivity contribution is 6.02. The second kappa shape index (κ2) is 8.27. The molecule has 0 bridgehead atoms. The third-order valence-corrected chi connectivity index (χ3v) is 5.99. The fraction of sp³-hybridized carbons (Fsp3) is 0.115. The number of anilines is 1. The Balaban J connectivity index is 1.39. The van der Waals surface area contributed by atoms with Crippen LogP contribution in [0.2, 0.25) is 0 Å².